The Kier molecular flexibility index (Phi) is 4.86. The Hall–Kier alpha value is -0.550. The van der Waals surface area contributed by atoms with Crippen LogP contribution in [0.25, 0.3) is 0 Å². The molecule has 0 N–H and O–H groups in total. The Morgan fingerprint density at radius 1 is 1.47 bits per heavy atom. The Morgan fingerprint density at radius 2 is 2.35 bits per heavy atom. The van der Waals surface area contributed by atoms with Crippen LogP contribution in [-0.2, 0) is 6.54 Å². The summed E-state index contributed by atoms with van der Waals surface area (Å²) in [6.07, 6.45) is 7.48. The minimum Gasteiger partial charge on any atom is -0.302 e. The molecule has 0 radical (unpaired) electrons. The summed E-state index contributed by atoms with van der Waals surface area (Å²) in [6.45, 7) is 4.27. The summed E-state index contributed by atoms with van der Waals surface area (Å²) < 4.78 is 1.91. The molecule has 17 heavy (non-hydrogen) atoms. The first-order chi connectivity index (χ1) is 8.29. The zero-order valence-electron chi connectivity index (χ0n) is 10.7. The first kappa shape index (κ1) is 12.9. The molecule has 4 nitrogen and oxygen atoms in total. The van der Waals surface area contributed by atoms with Crippen molar-refractivity contribution in [3.63, 3.8) is 0 Å². The van der Waals surface area contributed by atoms with Crippen molar-refractivity contribution >= 4 is 11.8 Å². The highest BCUT2D eigenvalue weighted by Crippen LogP contribution is 2.31. The topological polar surface area (TPSA) is 34.0 Å². The van der Waals surface area contributed by atoms with E-state index in [0.29, 0.717) is 0 Å². The van der Waals surface area contributed by atoms with Gasteiger partial charge in [0.1, 0.15) is 12.7 Å². The van der Waals surface area contributed by atoms with Crippen molar-refractivity contribution in [2.75, 3.05) is 19.3 Å². The number of hydrogen-bond acceptors (Lipinski definition) is 4. The molecule has 0 amide bonds. The number of nitrogens with zero attached hydrogens (tertiary/aromatic N) is 4. The smallest absolute Gasteiger partial charge is 0.137 e. The SMILES string of the molecule is CCS[C@@H]1CC[C@H](N(C)CCn2cncn2)C1. The third-order valence-electron chi connectivity index (χ3n) is 3.53. The lowest BCUT2D eigenvalue weighted by molar-refractivity contribution is 0.233. The van der Waals surface area contributed by atoms with Crippen LogP contribution in [0.2, 0.25) is 0 Å². The van der Waals surface area contributed by atoms with Gasteiger partial charge in [0, 0.05) is 17.8 Å². The zero-order chi connectivity index (χ0) is 12.1. The second-order valence-corrected chi connectivity index (χ2v) is 6.26. The van der Waals surface area contributed by atoms with Gasteiger partial charge in [-0.2, -0.15) is 16.9 Å². The average molecular weight is 254 g/mol. The molecule has 0 unspecified atom stereocenters. The van der Waals surface area contributed by atoms with E-state index in [0.717, 1.165) is 24.4 Å². The standard InChI is InChI=1S/C12H22N4S/c1-3-17-12-5-4-11(8-12)15(2)6-7-16-10-13-9-14-16/h9-12H,3-8H2,1-2H3/t11-,12+/m0/s1. The van der Waals surface area contributed by atoms with E-state index in [2.05, 4.69) is 40.7 Å². The first-order valence-electron chi connectivity index (χ1n) is 6.44. The van der Waals surface area contributed by atoms with Gasteiger partial charge in [-0.25, -0.2) is 4.98 Å². The first-order valence-corrected chi connectivity index (χ1v) is 7.48. The quantitative estimate of drug-likeness (QED) is 0.776. The Labute approximate surface area is 108 Å². The highest BCUT2D eigenvalue weighted by Gasteiger charge is 2.27. The average Bonchev–Trinajstić information content (AvgIpc) is 2.97. The van der Waals surface area contributed by atoms with Crippen LogP contribution < -0.4 is 0 Å². The van der Waals surface area contributed by atoms with Gasteiger partial charge in [-0.05, 0) is 32.1 Å². The van der Waals surface area contributed by atoms with Crippen LogP contribution in [0.3, 0.4) is 0 Å². The lowest BCUT2D eigenvalue weighted by atomic mass is 10.2. The van der Waals surface area contributed by atoms with Crippen molar-refractivity contribution in [1.82, 2.24) is 19.7 Å². The highest BCUT2D eigenvalue weighted by molar-refractivity contribution is 7.99. The maximum Gasteiger partial charge on any atom is 0.137 e. The van der Waals surface area contributed by atoms with E-state index < -0.39 is 0 Å². The van der Waals surface area contributed by atoms with E-state index in [1.807, 2.05) is 4.68 Å². The van der Waals surface area contributed by atoms with Crippen LogP contribution in [0.1, 0.15) is 26.2 Å². The monoisotopic (exact) mass is 254 g/mol. The van der Waals surface area contributed by atoms with Gasteiger partial charge >= 0.3 is 0 Å². The highest BCUT2D eigenvalue weighted by atomic mass is 32.2. The van der Waals surface area contributed by atoms with Crippen LogP contribution in [0.5, 0.6) is 0 Å². The summed E-state index contributed by atoms with van der Waals surface area (Å²) in [5.74, 6) is 1.25. The number of rotatable bonds is 6. The zero-order valence-corrected chi connectivity index (χ0v) is 11.6. The van der Waals surface area contributed by atoms with Gasteiger partial charge in [0.05, 0.1) is 6.54 Å². The molecule has 1 aromatic rings. The van der Waals surface area contributed by atoms with Crippen LogP contribution in [0.15, 0.2) is 12.7 Å². The fourth-order valence-electron chi connectivity index (χ4n) is 2.50. The summed E-state index contributed by atoms with van der Waals surface area (Å²) in [5, 5.41) is 5.02. The summed E-state index contributed by atoms with van der Waals surface area (Å²) in [4.78, 5) is 6.45. The van der Waals surface area contributed by atoms with Gasteiger partial charge in [0.25, 0.3) is 0 Å². The molecule has 5 heteroatoms. The molecule has 1 heterocycles. The number of hydrogen-bond donors (Lipinski definition) is 0. The molecule has 2 atom stereocenters. The largest absolute Gasteiger partial charge is 0.302 e. The molecule has 0 aromatic carbocycles. The van der Waals surface area contributed by atoms with Gasteiger partial charge < -0.3 is 4.90 Å². The second-order valence-electron chi connectivity index (χ2n) is 4.68. The van der Waals surface area contributed by atoms with Gasteiger partial charge in [0.2, 0.25) is 0 Å². The molecule has 0 saturated heterocycles. The van der Waals surface area contributed by atoms with E-state index in [1.165, 1.54) is 25.0 Å². The van der Waals surface area contributed by atoms with Crippen molar-refractivity contribution in [2.24, 2.45) is 0 Å². The number of aromatic nitrogens is 3. The summed E-state index contributed by atoms with van der Waals surface area (Å²) in [5.41, 5.74) is 0. The molecule has 1 aliphatic rings. The minimum absolute atomic E-state index is 0.766. The van der Waals surface area contributed by atoms with Gasteiger partial charge in [-0.15, -0.1) is 0 Å². The van der Waals surface area contributed by atoms with Crippen LogP contribution >= 0.6 is 11.8 Å². The Bertz CT molecular complexity index is 314. The maximum atomic E-state index is 4.13. The van der Waals surface area contributed by atoms with E-state index in [1.54, 1.807) is 12.7 Å². The molecule has 0 spiro atoms. The van der Waals surface area contributed by atoms with Gasteiger partial charge in [-0.1, -0.05) is 6.92 Å². The van der Waals surface area contributed by atoms with E-state index in [-0.39, 0.29) is 0 Å². The van der Waals surface area contributed by atoms with Crippen molar-refractivity contribution < 1.29 is 0 Å². The van der Waals surface area contributed by atoms with Gasteiger partial charge in [-0.3, -0.25) is 4.68 Å². The van der Waals surface area contributed by atoms with E-state index in [9.17, 15) is 0 Å². The van der Waals surface area contributed by atoms with E-state index in [4.69, 9.17) is 0 Å². The van der Waals surface area contributed by atoms with Crippen molar-refractivity contribution in [1.29, 1.82) is 0 Å². The van der Waals surface area contributed by atoms with Crippen molar-refractivity contribution in [2.45, 2.75) is 44.0 Å². The molecule has 1 fully saturated rings. The lowest BCUT2D eigenvalue weighted by Crippen LogP contribution is -2.32. The molecule has 0 aliphatic heterocycles. The molecular weight excluding hydrogens is 232 g/mol. The summed E-state index contributed by atoms with van der Waals surface area (Å²) >= 11 is 2.12. The molecule has 1 aliphatic carbocycles. The lowest BCUT2D eigenvalue weighted by Gasteiger charge is -2.24. The molecule has 96 valence electrons. The fraction of sp³-hybridized carbons (Fsp3) is 0.833. The number of thioether (sulfide) groups is 1. The third-order valence-corrected chi connectivity index (χ3v) is 4.76. The summed E-state index contributed by atoms with van der Waals surface area (Å²) in [7, 11) is 2.24. The Balaban J connectivity index is 1.71. The van der Waals surface area contributed by atoms with Gasteiger partial charge in [0.15, 0.2) is 0 Å². The second kappa shape index (κ2) is 6.40. The van der Waals surface area contributed by atoms with Crippen molar-refractivity contribution in [3.05, 3.63) is 12.7 Å². The molecule has 2 rings (SSSR count). The molecule has 1 saturated carbocycles. The Morgan fingerprint density at radius 3 is 3.06 bits per heavy atom. The summed E-state index contributed by atoms with van der Waals surface area (Å²) in [6, 6.07) is 0.766. The van der Waals surface area contributed by atoms with Crippen molar-refractivity contribution in [3.8, 4) is 0 Å². The maximum absolute atomic E-state index is 4.13. The molecule has 0 bridgehead atoms. The predicted octanol–water partition coefficient (Wildman–Crippen LogP) is 1.88. The normalized spacial score (nSPS) is 24.6. The number of likely N-dealkylation sites (N-methyl/N-ethyl adjacent to an activating group) is 1. The van der Waals surface area contributed by atoms with Crippen LogP contribution in [-0.4, -0.2) is 50.3 Å². The minimum atomic E-state index is 0.766. The predicted molar refractivity (Wildman–Crippen MR) is 72.2 cm³/mol. The van der Waals surface area contributed by atoms with E-state index >= 15 is 0 Å². The third kappa shape index (κ3) is 3.71. The fourth-order valence-corrected chi connectivity index (χ4v) is 3.63. The molecular formula is C12H22N4S. The van der Waals surface area contributed by atoms with Crippen LogP contribution in [0.4, 0.5) is 0 Å². The van der Waals surface area contributed by atoms with Crippen LogP contribution in [0, 0.1) is 0 Å². The molecule has 1 aromatic heterocycles.